The fraction of sp³-hybridized carbons (Fsp3) is 0.250. The van der Waals surface area contributed by atoms with Gasteiger partial charge in [0.15, 0.2) is 0 Å². The SMILES string of the molecule is Cc1cc(C(N)Cc2ccccc2)cc(C)c1Br. The molecule has 2 aromatic carbocycles. The maximum atomic E-state index is 6.30. The largest absolute Gasteiger partial charge is 0.324 e. The summed E-state index contributed by atoms with van der Waals surface area (Å²) in [5.74, 6) is 0. The molecule has 0 amide bonds. The van der Waals surface area contributed by atoms with Gasteiger partial charge in [-0.2, -0.15) is 0 Å². The van der Waals surface area contributed by atoms with Crippen LogP contribution in [-0.2, 0) is 6.42 Å². The van der Waals surface area contributed by atoms with E-state index in [1.807, 2.05) is 6.07 Å². The number of rotatable bonds is 3. The number of benzene rings is 2. The quantitative estimate of drug-likeness (QED) is 0.898. The summed E-state index contributed by atoms with van der Waals surface area (Å²) in [6.45, 7) is 4.21. The van der Waals surface area contributed by atoms with Crippen LogP contribution in [0.1, 0.15) is 28.3 Å². The van der Waals surface area contributed by atoms with E-state index in [1.165, 1.54) is 26.7 Å². The highest BCUT2D eigenvalue weighted by molar-refractivity contribution is 9.10. The highest BCUT2D eigenvalue weighted by Crippen LogP contribution is 2.26. The molecule has 2 aromatic rings. The van der Waals surface area contributed by atoms with Gasteiger partial charge in [0.2, 0.25) is 0 Å². The zero-order valence-corrected chi connectivity index (χ0v) is 12.4. The molecule has 2 N–H and O–H groups in total. The fourth-order valence-corrected chi connectivity index (χ4v) is 2.41. The van der Waals surface area contributed by atoms with Gasteiger partial charge in [0.25, 0.3) is 0 Å². The summed E-state index contributed by atoms with van der Waals surface area (Å²) in [6, 6.07) is 14.8. The van der Waals surface area contributed by atoms with Crippen LogP contribution in [0.5, 0.6) is 0 Å². The van der Waals surface area contributed by atoms with Crippen molar-refractivity contribution >= 4 is 15.9 Å². The van der Waals surface area contributed by atoms with E-state index in [9.17, 15) is 0 Å². The van der Waals surface area contributed by atoms with E-state index in [0.717, 1.165) is 6.42 Å². The zero-order valence-electron chi connectivity index (χ0n) is 10.8. The Bertz CT molecular complexity index is 511. The van der Waals surface area contributed by atoms with Crippen molar-refractivity contribution < 1.29 is 0 Å². The first-order chi connectivity index (χ1) is 8.58. The van der Waals surface area contributed by atoms with E-state index in [1.54, 1.807) is 0 Å². The van der Waals surface area contributed by atoms with E-state index in [0.29, 0.717) is 0 Å². The Morgan fingerprint density at radius 1 is 1.06 bits per heavy atom. The third-order valence-corrected chi connectivity index (χ3v) is 4.44. The molecule has 0 saturated heterocycles. The van der Waals surface area contributed by atoms with E-state index in [-0.39, 0.29) is 6.04 Å². The molecular weight excluding hydrogens is 286 g/mol. The molecule has 1 atom stereocenters. The van der Waals surface area contributed by atoms with E-state index >= 15 is 0 Å². The number of hydrogen-bond acceptors (Lipinski definition) is 1. The van der Waals surface area contributed by atoms with Crippen LogP contribution >= 0.6 is 15.9 Å². The van der Waals surface area contributed by atoms with Crippen LogP contribution in [0, 0.1) is 13.8 Å². The van der Waals surface area contributed by atoms with Crippen LogP contribution in [0.25, 0.3) is 0 Å². The molecule has 2 rings (SSSR count). The van der Waals surface area contributed by atoms with Crippen molar-refractivity contribution in [2.75, 3.05) is 0 Å². The second-order valence-corrected chi connectivity index (χ2v) is 5.56. The van der Waals surface area contributed by atoms with Gasteiger partial charge in [-0.3, -0.25) is 0 Å². The highest BCUT2D eigenvalue weighted by atomic mass is 79.9. The van der Waals surface area contributed by atoms with Gasteiger partial charge >= 0.3 is 0 Å². The molecule has 0 aliphatic rings. The minimum atomic E-state index is 0.0536. The summed E-state index contributed by atoms with van der Waals surface area (Å²) in [5.41, 5.74) is 11.3. The molecule has 0 fully saturated rings. The lowest BCUT2D eigenvalue weighted by Crippen LogP contribution is -2.13. The van der Waals surface area contributed by atoms with Gasteiger partial charge in [-0.25, -0.2) is 0 Å². The highest BCUT2D eigenvalue weighted by Gasteiger charge is 2.10. The van der Waals surface area contributed by atoms with E-state index in [4.69, 9.17) is 5.73 Å². The minimum Gasteiger partial charge on any atom is -0.324 e. The molecule has 18 heavy (non-hydrogen) atoms. The predicted molar refractivity (Wildman–Crippen MR) is 80.7 cm³/mol. The van der Waals surface area contributed by atoms with Crippen molar-refractivity contribution in [1.29, 1.82) is 0 Å². The average molecular weight is 304 g/mol. The minimum absolute atomic E-state index is 0.0536. The lowest BCUT2D eigenvalue weighted by Gasteiger charge is -2.15. The lowest BCUT2D eigenvalue weighted by molar-refractivity contribution is 0.720. The first-order valence-electron chi connectivity index (χ1n) is 6.14. The first kappa shape index (κ1) is 13.3. The Hall–Kier alpha value is -1.12. The van der Waals surface area contributed by atoms with Gasteiger partial charge in [0.1, 0.15) is 0 Å². The molecule has 94 valence electrons. The molecule has 0 bridgehead atoms. The van der Waals surface area contributed by atoms with E-state index in [2.05, 4.69) is 66.2 Å². The van der Waals surface area contributed by atoms with Crippen LogP contribution < -0.4 is 5.73 Å². The molecular formula is C16H18BrN. The van der Waals surface area contributed by atoms with Crippen LogP contribution in [0.3, 0.4) is 0 Å². The van der Waals surface area contributed by atoms with Gasteiger partial charge in [0.05, 0.1) is 0 Å². The maximum absolute atomic E-state index is 6.30. The summed E-state index contributed by atoms with van der Waals surface area (Å²) < 4.78 is 1.18. The second-order valence-electron chi connectivity index (χ2n) is 4.76. The Morgan fingerprint density at radius 3 is 2.17 bits per heavy atom. The van der Waals surface area contributed by atoms with Gasteiger partial charge in [-0.05, 0) is 42.5 Å². The molecule has 0 aromatic heterocycles. The van der Waals surface area contributed by atoms with Crippen LogP contribution in [0.2, 0.25) is 0 Å². The van der Waals surface area contributed by atoms with Crippen LogP contribution in [0.15, 0.2) is 46.9 Å². The molecule has 0 heterocycles. The molecule has 0 aliphatic carbocycles. The summed E-state index contributed by atoms with van der Waals surface area (Å²) in [5, 5.41) is 0. The molecule has 0 spiro atoms. The van der Waals surface area contributed by atoms with Gasteiger partial charge in [-0.15, -0.1) is 0 Å². The van der Waals surface area contributed by atoms with Gasteiger partial charge in [-0.1, -0.05) is 58.4 Å². The topological polar surface area (TPSA) is 26.0 Å². The zero-order chi connectivity index (χ0) is 13.1. The number of hydrogen-bond donors (Lipinski definition) is 1. The summed E-state index contributed by atoms with van der Waals surface area (Å²) >= 11 is 3.59. The standard InChI is InChI=1S/C16H18BrN/c1-11-8-14(9-12(2)16(11)17)15(18)10-13-6-4-3-5-7-13/h3-9,15H,10,18H2,1-2H3. The second kappa shape index (κ2) is 5.68. The van der Waals surface area contributed by atoms with Crippen molar-refractivity contribution in [3.8, 4) is 0 Å². The smallest absolute Gasteiger partial charge is 0.0335 e. The molecule has 1 nitrogen and oxygen atoms in total. The van der Waals surface area contributed by atoms with Crippen LogP contribution in [0.4, 0.5) is 0 Å². The number of aryl methyl sites for hydroxylation is 2. The predicted octanol–water partition coefficient (Wildman–Crippen LogP) is 4.31. The molecule has 0 radical (unpaired) electrons. The number of nitrogens with two attached hydrogens (primary N) is 1. The monoisotopic (exact) mass is 303 g/mol. The van der Waals surface area contributed by atoms with Crippen molar-refractivity contribution in [2.45, 2.75) is 26.3 Å². The van der Waals surface area contributed by atoms with Crippen molar-refractivity contribution in [3.63, 3.8) is 0 Å². The Labute approximate surface area is 117 Å². The Balaban J connectivity index is 2.22. The van der Waals surface area contributed by atoms with Crippen molar-refractivity contribution in [1.82, 2.24) is 0 Å². The van der Waals surface area contributed by atoms with Gasteiger partial charge in [0, 0.05) is 10.5 Å². The summed E-state index contributed by atoms with van der Waals surface area (Å²) in [4.78, 5) is 0. The molecule has 0 saturated carbocycles. The first-order valence-corrected chi connectivity index (χ1v) is 6.93. The average Bonchev–Trinajstić information content (AvgIpc) is 2.36. The Kier molecular flexibility index (Phi) is 4.20. The lowest BCUT2D eigenvalue weighted by atomic mass is 9.97. The van der Waals surface area contributed by atoms with Crippen molar-refractivity contribution in [2.24, 2.45) is 5.73 Å². The maximum Gasteiger partial charge on any atom is 0.0335 e. The van der Waals surface area contributed by atoms with Gasteiger partial charge < -0.3 is 5.73 Å². The van der Waals surface area contributed by atoms with Crippen LogP contribution in [-0.4, -0.2) is 0 Å². The number of halogens is 1. The fourth-order valence-electron chi connectivity index (χ4n) is 2.18. The normalized spacial score (nSPS) is 12.4. The Morgan fingerprint density at radius 2 is 1.61 bits per heavy atom. The molecule has 1 unspecified atom stereocenters. The molecule has 2 heteroatoms. The van der Waals surface area contributed by atoms with Crippen molar-refractivity contribution in [3.05, 3.63) is 69.2 Å². The summed E-state index contributed by atoms with van der Waals surface area (Å²) in [6.07, 6.45) is 0.876. The molecule has 0 aliphatic heterocycles. The van der Waals surface area contributed by atoms with E-state index < -0.39 is 0 Å². The third kappa shape index (κ3) is 3.01. The summed E-state index contributed by atoms with van der Waals surface area (Å²) in [7, 11) is 0. The third-order valence-electron chi connectivity index (χ3n) is 3.19.